The predicted octanol–water partition coefficient (Wildman–Crippen LogP) is 1.22. The van der Waals surface area contributed by atoms with Crippen LogP contribution in [-0.2, 0) is 16.1 Å². The van der Waals surface area contributed by atoms with Gasteiger partial charge < -0.3 is 9.64 Å². The molecule has 1 saturated heterocycles. The number of imide groups is 1. The minimum atomic E-state index is -5.01. The first-order valence-corrected chi connectivity index (χ1v) is 7.17. The molecule has 1 N–H and O–H groups in total. The van der Waals surface area contributed by atoms with Crippen molar-refractivity contribution in [1.82, 2.24) is 10.2 Å². The van der Waals surface area contributed by atoms with Crippen molar-refractivity contribution in [2.75, 3.05) is 0 Å². The third-order valence-corrected chi connectivity index (χ3v) is 3.99. The quantitative estimate of drug-likeness (QED) is 0.806. The Kier molecular flexibility index (Phi) is 3.87. The largest absolute Gasteiger partial charge is 0.573 e. The number of piperidine rings is 1. The van der Waals surface area contributed by atoms with Gasteiger partial charge in [-0.25, -0.2) is 0 Å². The third kappa shape index (κ3) is 3.00. The number of ether oxygens (including phenoxy) is 1. The molecule has 0 spiro atoms. The Morgan fingerprint density at radius 3 is 2.60 bits per heavy atom. The highest BCUT2D eigenvalue weighted by atomic mass is 19.4. The number of nitriles is 1. The number of hydrogen-bond donors (Lipinski definition) is 1. The van der Waals surface area contributed by atoms with Crippen LogP contribution in [-0.4, -0.2) is 35.0 Å². The second-order valence-electron chi connectivity index (χ2n) is 5.53. The first kappa shape index (κ1) is 16.8. The molecule has 0 saturated carbocycles. The number of carbonyl (C=O) groups is 3. The van der Waals surface area contributed by atoms with E-state index in [-0.39, 0.29) is 24.9 Å². The number of nitrogens with one attached hydrogen (secondary N) is 1. The van der Waals surface area contributed by atoms with E-state index in [1.165, 1.54) is 6.07 Å². The lowest BCUT2D eigenvalue weighted by Gasteiger charge is -2.29. The molecule has 0 radical (unpaired) electrons. The molecule has 3 amide bonds. The first-order valence-electron chi connectivity index (χ1n) is 7.17. The lowest BCUT2D eigenvalue weighted by molar-refractivity contribution is -0.274. The molecule has 130 valence electrons. The van der Waals surface area contributed by atoms with Gasteiger partial charge in [-0.05, 0) is 18.1 Å². The number of amides is 3. The minimum absolute atomic E-state index is 0.0403. The van der Waals surface area contributed by atoms with Crippen molar-refractivity contribution in [3.05, 3.63) is 28.8 Å². The zero-order valence-electron chi connectivity index (χ0n) is 12.5. The summed E-state index contributed by atoms with van der Waals surface area (Å²) in [4.78, 5) is 36.9. The standard InChI is InChI=1S/C15H10F3N3O4/c16-15(17,18)25-10-3-1-7-6-21(14(24)12(7)8(10)5-19)9-2-4-11(22)20-13(9)23/h1,3,9H,2,4,6H2,(H,20,22,23). The smallest absolute Gasteiger partial charge is 0.404 e. The second kappa shape index (κ2) is 5.77. The summed E-state index contributed by atoms with van der Waals surface area (Å²) in [6, 6.07) is 2.86. The van der Waals surface area contributed by atoms with Crippen molar-refractivity contribution in [2.24, 2.45) is 0 Å². The van der Waals surface area contributed by atoms with Crippen LogP contribution in [0.1, 0.15) is 34.3 Å². The zero-order valence-corrected chi connectivity index (χ0v) is 12.5. The van der Waals surface area contributed by atoms with Crippen molar-refractivity contribution in [3.8, 4) is 11.8 Å². The van der Waals surface area contributed by atoms with Crippen LogP contribution in [0, 0.1) is 11.3 Å². The Morgan fingerprint density at radius 1 is 1.28 bits per heavy atom. The molecule has 0 bridgehead atoms. The van der Waals surface area contributed by atoms with E-state index in [4.69, 9.17) is 0 Å². The van der Waals surface area contributed by atoms with Crippen LogP contribution in [0.4, 0.5) is 13.2 Å². The second-order valence-corrected chi connectivity index (χ2v) is 5.53. The molecule has 1 atom stereocenters. The Bertz CT molecular complexity index is 829. The van der Waals surface area contributed by atoms with Gasteiger partial charge in [-0.3, -0.25) is 19.7 Å². The molecule has 1 fully saturated rings. The van der Waals surface area contributed by atoms with E-state index in [0.717, 1.165) is 11.0 Å². The van der Waals surface area contributed by atoms with Gasteiger partial charge in [-0.15, -0.1) is 13.2 Å². The average Bonchev–Trinajstić information content (AvgIpc) is 2.83. The molecule has 3 rings (SSSR count). The lowest BCUT2D eigenvalue weighted by Crippen LogP contribution is -2.52. The highest BCUT2D eigenvalue weighted by molar-refractivity contribution is 6.06. The topological polar surface area (TPSA) is 99.5 Å². The molecule has 1 aromatic carbocycles. The fourth-order valence-electron chi connectivity index (χ4n) is 2.95. The number of alkyl halides is 3. The van der Waals surface area contributed by atoms with Gasteiger partial charge in [-0.1, -0.05) is 6.07 Å². The molecule has 25 heavy (non-hydrogen) atoms. The van der Waals surface area contributed by atoms with Crippen LogP contribution < -0.4 is 10.1 Å². The fraction of sp³-hybridized carbons (Fsp3) is 0.333. The predicted molar refractivity (Wildman–Crippen MR) is 73.9 cm³/mol. The summed E-state index contributed by atoms with van der Waals surface area (Å²) >= 11 is 0. The highest BCUT2D eigenvalue weighted by Crippen LogP contribution is 2.35. The summed E-state index contributed by atoms with van der Waals surface area (Å²) in [5.41, 5.74) is -0.427. The zero-order chi connectivity index (χ0) is 18.4. The summed E-state index contributed by atoms with van der Waals surface area (Å²) in [5, 5.41) is 11.3. The Balaban J connectivity index is 1.95. The molecule has 0 aromatic heterocycles. The molecule has 0 aliphatic carbocycles. The normalized spacial score (nSPS) is 20.2. The van der Waals surface area contributed by atoms with Crippen LogP contribution in [0.3, 0.4) is 0 Å². The Labute approximate surface area is 139 Å². The van der Waals surface area contributed by atoms with Gasteiger partial charge >= 0.3 is 6.36 Å². The minimum Gasteiger partial charge on any atom is -0.404 e. The van der Waals surface area contributed by atoms with Gasteiger partial charge in [0, 0.05) is 13.0 Å². The van der Waals surface area contributed by atoms with Crippen molar-refractivity contribution in [1.29, 1.82) is 5.26 Å². The maximum atomic E-state index is 12.6. The number of hydrogen-bond acceptors (Lipinski definition) is 5. The van der Waals surface area contributed by atoms with E-state index in [2.05, 4.69) is 10.1 Å². The molecule has 10 heteroatoms. The van der Waals surface area contributed by atoms with Crippen molar-refractivity contribution < 1.29 is 32.3 Å². The monoisotopic (exact) mass is 353 g/mol. The van der Waals surface area contributed by atoms with Gasteiger partial charge in [0.05, 0.1) is 5.56 Å². The maximum absolute atomic E-state index is 12.6. The highest BCUT2D eigenvalue weighted by Gasteiger charge is 2.42. The van der Waals surface area contributed by atoms with E-state index in [9.17, 15) is 32.8 Å². The molecular weight excluding hydrogens is 343 g/mol. The number of rotatable bonds is 2. The van der Waals surface area contributed by atoms with E-state index in [1.54, 1.807) is 6.07 Å². The van der Waals surface area contributed by atoms with Gasteiger partial charge in [0.15, 0.2) is 0 Å². The van der Waals surface area contributed by atoms with Crippen LogP contribution >= 0.6 is 0 Å². The number of halogens is 3. The summed E-state index contributed by atoms with van der Waals surface area (Å²) in [6.07, 6.45) is -4.85. The number of fused-ring (bicyclic) bond motifs is 1. The van der Waals surface area contributed by atoms with Crippen LogP contribution in [0.2, 0.25) is 0 Å². The fourth-order valence-corrected chi connectivity index (χ4v) is 2.95. The molecule has 1 aromatic rings. The molecular formula is C15H10F3N3O4. The van der Waals surface area contributed by atoms with E-state index >= 15 is 0 Å². The van der Waals surface area contributed by atoms with Crippen LogP contribution in [0.25, 0.3) is 0 Å². The molecule has 1 unspecified atom stereocenters. The number of benzene rings is 1. The first-order chi connectivity index (χ1) is 11.7. The third-order valence-electron chi connectivity index (χ3n) is 3.99. The molecule has 2 heterocycles. The van der Waals surface area contributed by atoms with Crippen molar-refractivity contribution in [2.45, 2.75) is 31.8 Å². The van der Waals surface area contributed by atoms with E-state index < -0.39 is 41.4 Å². The lowest BCUT2D eigenvalue weighted by atomic mass is 10.0. The summed E-state index contributed by atoms with van der Waals surface area (Å²) in [5.74, 6) is -2.62. The van der Waals surface area contributed by atoms with Gasteiger partial charge in [-0.2, -0.15) is 5.26 Å². The number of carbonyl (C=O) groups excluding carboxylic acids is 3. The van der Waals surface area contributed by atoms with Gasteiger partial charge in [0.2, 0.25) is 11.8 Å². The summed E-state index contributed by atoms with van der Waals surface area (Å²) in [7, 11) is 0. The SMILES string of the molecule is N#Cc1c(OC(F)(F)F)ccc2c1C(=O)N(C1CCC(=O)NC1=O)C2. The van der Waals surface area contributed by atoms with Crippen molar-refractivity contribution in [3.63, 3.8) is 0 Å². The van der Waals surface area contributed by atoms with Crippen molar-refractivity contribution >= 4 is 17.7 Å². The summed E-state index contributed by atoms with van der Waals surface area (Å²) < 4.78 is 41.1. The van der Waals surface area contributed by atoms with E-state index in [0.29, 0.717) is 5.56 Å². The maximum Gasteiger partial charge on any atom is 0.573 e. The van der Waals surface area contributed by atoms with Crippen LogP contribution in [0.15, 0.2) is 12.1 Å². The van der Waals surface area contributed by atoms with Gasteiger partial charge in [0.1, 0.15) is 23.4 Å². The number of nitrogens with zero attached hydrogens (tertiary/aromatic N) is 2. The van der Waals surface area contributed by atoms with Crippen LogP contribution in [0.5, 0.6) is 5.75 Å². The Hall–Kier alpha value is -3.09. The Morgan fingerprint density at radius 2 is 2.00 bits per heavy atom. The molecule has 2 aliphatic rings. The van der Waals surface area contributed by atoms with Gasteiger partial charge in [0.25, 0.3) is 5.91 Å². The summed E-state index contributed by atoms with van der Waals surface area (Å²) in [6.45, 7) is -0.0403. The average molecular weight is 353 g/mol. The van der Waals surface area contributed by atoms with E-state index in [1.807, 2.05) is 0 Å². The molecule has 7 nitrogen and oxygen atoms in total. The molecule has 2 aliphatic heterocycles.